The average molecular weight is 311 g/mol. The summed E-state index contributed by atoms with van der Waals surface area (Å²) in [6, 6.07) is 14.2. The fourth-order valence-electron chi connectivity index (χ4n) is 3.28. The van der Waals surface area contributed by atoms with Crippen molar-refractivity contribution in [3.05, 3.63) is 59.7 Å². The standard InChI is InChI=1S/C19H21NO3/c21-16-10-11-17(18(22)12-16)13-6-8-15(9-7-13)20-19(23)14-4-2-1-3-5-14/h1-5,10-13,15,21-22H,6-9H2,(H,20,23). The van der Waals surface area contributed by atoms with E-state index in [0.29, 0.717) is 5.56 Å². The van der Waals surface area contributed by atoms with Gasteiger partial charge in [-0.3, -0.25) is 4.79 Å². The predicted octanol–water partition coefficient (Wildman–Crippen LogP) is 3.55. The van der Waals surface area contributed by atoms with Crippen molar-refractivity contribution in [3.8, 4) is 11.5 Å². The molecular weight excluding hydrogens is 290 g/mol. The summed E-state index contributed by atoms with van der Waals surface area (Å²) in [6.45, 7) is 0. The van der Waals surface area contributed by atoms with E-state index in [1.165, 1.54) is 6.07 Å². The van der Waals surface area contributed by atoms with Crippen molar-refractivity contribution in [1.29, 1.82) is 0 Å². The fourth-order valence-corrected chi connectivity index (χ4v) is 3.28. The summed E-state index contributed by atoms with van der Waals surface area (Å²) in [7, 11) is 0. The molecule has 0 unspecified atom stereocenters. The number of phenols is 2. The number of carbonyl (C=O) groups excluding carboxylic acids is 1. The first-order valence-electron chi connectivity index (χ1n) is 8.01. The Morgan fingerprint density at radius 3 is 2.30 bits per heavy atom. The highest BCUT2D eigenvalue weighted by molar-refractivity contribution is 5.94. The molecule has 0 radical (unpaired) electrons. The Labute approximate surface area is 135 Å². The molecule has 120 valence electrons. The lowest BCUT2D eigenvalue weighted by Crippen LogP contribution is -2.37. The van der Waals surface area contributed by atoms with E-state index in [1.807, 2.05) is 30.3 Å². The first kappa shape index (κ1) is 15.4. The maximum Gasteiger partial charge on any atom is 0.251 e. The molecule has 4 heteroatoms. The van der Waals surface area contributed by atoms with E-state index in [2.05, 4.69) is 5.32 Å². The van der Waals surface area contributed by atoms with Gasteiger partial charge < -0.3 is 15.5 Å². The second kappa shape index (κ2) is 6.73. The highest BCUT2D eigenvalue weighted by atomic mass is 16.3. The Kier molecular flexibility index (Phi) is 4.51. The van der Waals surface area contributed by atoms with Crippen LogP contribution in [0, 0.1) is 0 Å². The van der Waals surface area contributed by atoms with Gasteiger partial charge in [0.1, 0.15) is 11.5 Å². The van der Waals surface area contributed by atoms with Crippen molar-refractivity contribution in [2.24, 2.45) is 0 Å². The topological polar surface area (TPSA) is 69.6 Å². The molecule has 0 bridgehead atoms. The minimum atomic E-state index is -0.0264. The third-order valence-corrected chi connectivity index (χ3v) is 4.55. The first-order chi connectivity index (χ1) is 11.1. The zero-order chi connectivity index (χ0) is 16.2. The van der Waals surface area contributed by atoms with Crippen LogP contribution in [0.1, 0.15) is 47.5 Å². The van der Waals surface area contributed by atoms with Gasteiger partial charge in [-0.15, -0.1) is 0 Å². The molecule has 3 rings (SSSR count). The Hall–Kier alpha value is -2.49. The van der Waals surface area contributed by atoms with Crippen LogP contribution in [0.2, 0.25) is 0 Å². The van der Waals surface area contributed by atoms with Crippen LogP contribution in [0.15, 0.2) is 48.5 Å². The monoisotopic (exact) mass is 311 g/mol. The van der Waals surface area contributed by atoms with Crippen molar-refractivity contribution < 1.29 is 15.0 Å². The molecule has 3 N–H and O–H groups in total. The van der Waals surface area contributed by atoms with Gasteiger partial charge in [0.15, 0.2) is 0 Å². The molecule has 23 heavy (non-hydrogen) atoms. The van der Waals surface area contributed by atoms with Gasteiger partial charge in [-0.25, -0.2) is 0 Å². The molecule has 1 fully saturated rings. The van der Waals surface area contributed by atoms with Gasteiger partial charge in [-0.1, -0.05) is 24.3 Å². The lowest BCUT2D eigenvalue weighted by Gasteiger charge is -2.29. The molecule has 1 aliphatic rings. The molecule has 0 spiro atoms. The summed E-state index contributed by atoms with van der Waals surface area (Å²) < 4.78 is 0. The highest BCUT2D eigenvalue weighted by Gasteiger charge is 2.25. The zero-order valence-corrected chi connectivity index (χ0v) is 12.9. The molecule has 2 aromatic carbocycles. The number of phenolic OH excluding ortho intramolecular Hbond substituents is 2. The SMILES string of the molecule is O=C(NC1CCC(c2ccc(O)cc2O)CC1)c1ccccc1. The van der Waals surface area contributed by atoms with Gasteiger partial charge >= 0.3 is 0 Å². The largest absolute Gasteiger partial charge is 0.508 e. The van der Waals surface area contributed by atoms with Crippen LogP contribution < -0.4 is 5.32 Å². The van der Waals surface area contributed by atoms with Crippen molar-refractivity contribution >= 4 is 5.91 Å². The van der Waals surface area contributed by atoms with E-state index in [-0.39, 0.29) is 29.4 Å². The Bertz CT molecular complexity index is 676. The summed E-state index contributed by atoms with van der Waals surface area (Å²) in [6.07, 6.45) is 3.61. The van der Waals surface area contributed by atoms with E-state index >= 15 is 0 Å². The highest BCUT2D eigenvalue weighted by Crippen LogP contribution is 2.38. The van der Waals surface area contributed by atoms with Crippen LogP contribution in [0.25, 0.3) is 0 Å². The number of hydrogen-bond acceptors (Lipinski definition) is 3. The third kappa shape index (κ3) is 3.65. The number of amides is 1. The number of rotatable bonds is 3. The predicted molar refractivity (Wildman–Crippen MR) is 88.7 cm³/mol. The van der Waals surface area contributed by atoms with Gasteiger partial charge in [0, 0.05) is 17.7 Å². The molecule has 0 aromatic heterocycles. The lowest BCUT2D eigenvalue weighted by molar-refractivity contribution is 0.0925. The molecule has 1 saturated carbocycles. The minimum Gasteiger partial charge on any atom is -0.508 e. The average Bonchev–Trinajstić information content (AvgIpc) is 2.57. The maximum atomic E-state index is 12.2. The van der Waals surface area contributed by atoms with E-state index in [4.69, 9.17) is 0 Å². The van der Waals surface area contributed by atoms with Gasteiger partial charge in [0.05, 0.1) is 0 Å². The molecule has 2 aromatic rings. The normalized spacial score (nSPS) is 20.9. The molecule has 1 amide bonds. The molecule has 0 atom stereocenters. The lowest BCUT2D eigenvalue weighted by atomic mass is 9.81. The summed E-state index contributed by atoms with van der Waals surface area (Å²) >= 11 is 0. The Balaban J connectivity index is 1.57. The summed E-state index contributed by atoms with van der Waals surface area (Å²) in [5.41, 5.74) is 1.57. The molecular formula is C19H21NO3. The fraction of sp³-hybridized carbons (Fsp3) is 0.316. The van der Waals surface area contributed by atoms with E-state index in [9.17, 15) is 15.0 Å². The van der Waals surface area contributed by atoms with Crippen LogP contribution in [0.3, 0.4) is 0 Å². The number of benzene rings is 2. The second-order valence-electron chi connectivity index (χ2n) is 6.13. The zero-order valence-electron chi connectivity index (χ0n) is 12.9. The van der Waals surface area contributed by atoms with Crippen LogP contribution in [0.5, 0.6) is 11.5 Å². The van der Waals surface area contributed by atoms with Crippen LogP contribution in [-0.4, -0.2) is 22.2 Å². The van der Waals surface area contributed by atoms with E-state index < -0.39 is 0 Å². The van der Waals surface area contributed by atoms with Crippen LogP contribution >= 0.6 is 0 Å². The first-order valence-corrected chi connectivity index (χ1v) is 8.01. The molecule has 0 saturated heterocycles. The Morgan fingerprint density at radius 2 is 1.65 bits per heavy atom. The molecule has 4 nitrogen and oxygen atoms in total. The van der Waals surface area contributed by atoms with Crippen molar-refractivity contribution in [1.82, 2.24) is 5.32 Å². The van der Waals surface area contributed by atoms with E-state index in [1.54, 1.807) is 12.1 Å². The van der Waals surface area contributed by atoms with E-state index in [0.717, 1.165) is 31.2 Å². The number of nitrogens with one attached hydrogen (secondary N) is 1. The Morgan fingerprint density at radius 1 is 0.957 bits per heavy atom. The van der Waals surface area contributed by atoms with Crippen molar-refractivity contribution in [3.63, 3.8) is 0 Å². The molecule has 1 aliphatic carbocycles. The molecule has 0 aliphatic heterocycles. The third-order valence-electron chi connectivity index (χ3n) is 4.55. The molecule has 0 heterocycles. The van der Waals surface area contributed by atoms with Crippen LogP contribution in [-0.2, 0) is 0 Å². The van der Waals surface area contributed by atoms with Crippen molar-refractivity contribution in [2.45, 2.75) is 37.6 Å². The number of aromatic hydroxyl groups is 2. The number of carbonyl (C=O) groups is 1. The summed E-state index contributed by atoms with van der Waals surface area (Å²) in [4.78, 5) is 12.2. The minimum absolute atomic E-state index is 0.0264. The van der Waals surface area contributed by atoms with Gasteiger partial charge in [0.25, 0.3) is 5.91 Å². The maximum absolute atomic E-state index is 12.2. The van der Waals surface area contributed by atoms with Crippen molar-refractivity contribution in [2.75, 3.05) is 0 Å². The quantitative estimate of drug-likeness (QED) is 0.812. The summed E-state index contributed by atoms with van der Waals surface area (Å²) in [5.74, 6) is 0.485. The summed E-state index contributed by atoms with van der Waals surface area (Å²) in [5, 5.41) is 22.4. The van der Waals surface area contributed by atoms with Gasteiger partial charge in [-0.05, 0) is 55.4 Å². The van der Waals surface area contributed by atoms with Crippen LogP contribution in [0.4, 0.5) is 0 Å². The van der Waals surface area contributed by atoms with Gasteiger partial charge in [0.2, 0.25) is 0 Å². The van der Waals surface area contributed by atoms with Gasteiger partial charge in [-0.2, -0.15) is 0 Å². The second-order valence-corrected chi connectivity index (χ2v) is 6.13. The number of hydrogen-bond donors (Lipinski definition) is 3. The smallest absolute Gasteiger partial charge is 0.251 e.